The Hall–Kier alpha value is -1.88. The molecule has 4 nitrogen and oxygen atoms in total. The number of halogens is 2. The molecule has 0 saturated heterocycles. The lowest BCUT2D eigenvalue weighted by molar-refractivity contribution is 0.611. The quantitative estimate of drug-likeness (QED) is 0.937. The average molecular weight is 282 g/mol. The van der Waals surface area contributed by atoms with E-state index in [1.54, 1.807) is 6.20 Å². The van der Waals surface area contributed by atoms with Crippen LogP contribution in [0, 0.1) is 5.82 Å². The molecular formula is C13H13ClFN3O. The van der Waals surface area contributed by atoms with E-state index in [-0.39, 0.29) is 12.1 Å². The highest BCUT2D eigenvalue weighted by Crippen LogP contribution is 2.17. The molecule has 6 heteroatoms. The summed E-state index contributed by atoms with van der Waals surface area (Å²) in [5.74, 6) is -0.392. The maximum atomic E-state index is 13.1. The molecule has 0 aliphatic carbocycles. The van der Waals surface area contributed by atoms with Crippen LogP contribution in [0.15, 0.2) is 35.3 Å². The molecule has 0 aliphatic rings. The SMILES string of the molecule is CCNc1cnn(Cc2cc(F)ccc2Cl)c(=O)c1. The van der Waals surface area contributed by atoms with Crippen LogP contribution < -0.4 is 10.9 Å². The highest BCUT2D eigenvalue weighted by molar-refractivity contribution is 6.31. The Morgan fingerprint density at radius 1 is 1.42 bits per heavy atom. The number of benzene rings is 1. The Kier molecular flexibility index (Phi) is 4.16. The summed E-state index contributed by atoms with van der Waals surface area (Å²) in [7, 11) is 0. The lowest BCUT2D eigenvalue weighted by Gasteiger charge is -2.08. The Morgan fingerprint density at radius 3 is 2.89 bits per heavy atom. The van der Waals surface area contributed by atoms with E-state index in [4.69, 9.17) is 11.6 Å². The summed E-state index contributed by atoms with van der Waals surface area (Å²) >= 11 is 5.96. The van der Waals surface area contributed by atoms with Crippen molar-refractivity contribution in [1.29, 1.82) is 0 Å². The fourth-order valence-electron chi connectivity index (χ4n) is 1.68. The van der Waals surface area contributed by atoms with Crippen molar-refractivity contribution in [3.63, 3.8) is 0 Å². The van der Waals surface area contributed by atoms with Crippen molar-refractivity contribution in [2.24, 2.45) is 0 Å². The van der Waals surface area contributed by atoms with Crippen LogP contribution in [-0.4, -0.2) is 16.3 Å². The minimum Gasteiger partial charge on any atom is -0.384 e. The molecule has 0 unspecified atom stereocenters. The van der Waals surface area contributed by atoms with Crippen molar-refractivity contribution in [3.8, 4) is 0 Å². The minimum absolute atomic E-state index is 0.141. The van der Waals surface area contributed by atoms with E-state index in [2.05, 4.69) is 10.4 Å². The molecule has 2 aromatic rings. The summed E-state index contributed by atoms with van der Waals surface area (Å²) in [6.07, 6.45) is 1.55. The molecule has 1 N–H and O–H groups in total. The van der Waals surface area contributed by atoms with Gasteiger partial charge < -0.3 is 5.32 Å². The van der Waals surface area contributed by atoms with E-state index < -0.39 is 5.82 Å². The summed E-state index contributed by atoms with van der Waals surface area (Å²) in [6, 6.07) is 5.49. The maximum Gasteiger partial charge on any atom is 0.269 e. The van der Waals surface area contributed by atoms with Gasteiger partial charge in [-0.1, -0.05) is 11.6 Å². The summed E-state index contributed by atoms with van der Waals surface area (Å²) in [6.45, 7) is 2.78. The molecule has 0 spiro atoms. The second-order valence-electron chi connectivity index (χ2n) is 4.01. The van der Waals surface area contributed by atoms with Gasteiger partial charge in [0.15, 0.2) is 0 Å². The van der Waals surface area contributed by atoms with Gasteiger partial charge in [-0.05, 0) is 30.7 Å². The minimum atomic E-state index is -0.392. The molecule has 1 aromatic carbocycles. The average Bonchev–Trinajstić information content (AvgIpc) is 2.37. The molecule has 0 radical (unpaired) electrons. The van der Waals surface area contributed by atoms with Gasteiger partial charge in [0.25, 0.3) is 5.56 Å². The van der Waals surface area contributed by atoms with Crippen LogP contribution in [0.4, 0.5) is 10.1 Å². The lowest BCUT2D eigenvalue weighted by Crippen LogP contribution is -2.23. The van der Waals surface area contributed by atoms with E-state index in [0.29, 0.717) is 22.8 Å². The number of nitrogens with one attached hydrogen (secondary N) is 1. The van der Waals surface area contributed by atoms with E-state index in [0.717, 1.165) is 0 Å². The molecule has 0 atom stereocenters. The van der Waals surface area contributed by atoms with Gasteiger partial charge in [0.05, 0.1) is 18.4 Å². The van der Waals surface area contributed by atoms with Crippen LogP contribution in [0.5, 0.6) is 0 Å². The van der Waals surface area contributed by atoms with Crippen molar-refractivity contribution in [3.05, 3.63) is 57.2 Å². The normalized spacial score (nSPS) is 10.5. The number of nitrogens with zero attached hydrogens (tertiary/aromatic N) is 2. The zero-order valence-electron chi connectivity index (χ0n) is 10.4. The third kappa shape index (κ3) is 3.32. The van der Waals surface area contributed by atoms with Crippen molar-refractivity contribution >= 4 is 17.3 Å². The lowest BCUT2D eigenvalue weighted by atomic mass is 10.2. The Morgan fingerprint density at radius 2 is 2.21 bits per heavy atom. The topological polar surface area (TPSA) is 46.9 Å². The van der Waals surface area contributed by atoms with Crippen molar-refractivity contribution < 1.29 is 4.39 Å². The molecule has 0 saturated carbocycles. The molecular weight excluding hydrogens is 269 g/mol. The second kappa shape index (κ2) is 5.84. The van der Waals surface area contributed by atoms with Gasteiger partial charge in [-0.3, -0.25) is 4.79 Å². The van der Waals surface area contributed by atoms with Gasteiger partial charge in [0.1, 0.15) is 5.82 Å². The van der Waals surface area contributed by atoms with Gasteiger partial charge >= 0.3 is 0 Å². The summed E-state index contributed by atoms with van der Waals surface area (Å²) in [4.78, 5) is 11.8. The predicted octanol–water partition coefficient (Wildman–Crippen LogP) is 2.52. The molecule has 19 heavy (non-hydrogen) atoms. The Labute approximate surface area is 114 Å². The first kappa shape index (κ1) is 13.5. The fraction of sp³-hybridized carbons (Fsp3) is 0.231. The first-order valence-electron chi connectivity index (χ1n) is 5.85. The van der Waals surface area contributed by atoms with Crippen LogP contribution in [0.3, 0.4) is 0 Å². The molecule has 0 bridgehead atoms. The second-order valence-corrected chi connectivity index (χ2v) is 4.41. The van der Waals surface area contributed by atoms with E-state index >= 15 is 0 Å². The Bertz CT molecular complexity index is 642. The van der Waals surface area contributed by atoms with Crippen LogP contribution in [0.1, 0.15) is 12.5 Å². The van der Waals surface area contributed by atoms with Crippen molar-refractivity contribution in [2.45, 2.75) is 13.5 Å². The molecule has 0 amide bonds. The predicted molar refractivity (Wildman–Crippen MR) is 73.2 cm³/mol. The molecule has 1 aromatic heterocycles. The van der Waals surface area contributed by atoms with Crippen LogP contribution >= 0.6 is 11.6 Å². The van der Waals surface area contributed by atoms with Crippen LogP contribution in [-0.2, 0) is 6.54 Å². The number of rotatable bonds is 4. The smallest absolute Gasteiger partial charge is 0.269 e. The first-order valence-corrected chi connectivity index (χ1v) is 6.23. The fourth-order valence-corrected chi connectivity index (χ4v) is 1.86. The summed E-state index contributed by atoms with van der Waals surface area (Å²) < 4.78 is 14.4. The van der Waals surface area contributed by atoms with E-state index in [1.807, 2.05) is 6.92 Å². The largest absolute Gasteiger partial charge is 0.384 e. The Balaban J connectivity index is 2.28. The maximum absolute atomic E-state index is 13.1. The van der Waals surface area contributed by atoms with Crippen molar-refractivity contribution in [2.75, 3.05) is 11.9 Å². The summed E-state index contributed by atoms with van der Waals surface area (Å²) in [5.41, 5.74) is 0.917. The number of aromatic nitrogens is 2. The van der Waals surface area contributed by atoms with Gasteiger partial charge in [-0.25, -0.2) is 9.07 Å². The number of hydrogen-bond acceptors (Lipinski definition) is 3. The highest BCUT2D eigenvalue weighted by atomic mass is 35.5. The monoisotopic (exact) mass is 281 g/mol. The third-order valence-corrected chi connectivity index (χ3v) is 2.95. The molecule has 1 heterocycles. The first-order chi connectivity index (χ1) is 9.10. The molecule has 100 valence electrons. The van der Waals surface area contributed by atoms with Gasteiger partial charge in [0.2, 0.25) is 0 Å². The summed E-state index contributed by atoms with van der Waals surface area (Å²) in [5, 5.41) is 7.43. The zero-order valence-corrected chi connectivity index (χ0v) is 11.1. The van der Waals surface area contributed by atoms with E-state index in [1.165, 1.54) is 28.9 Å². The van der Waals surface area contributed by atoms with Crippen LogP contribution in [0.25, 0.3) is 0 Å². The number of hydrogen-bond donors (Lipinski definition) is 1. The third-order valence-electron chi connectivity index (χ3n) is 2.58. The number of anilines is 1. The van der Waals surface area contributed by atoms with Gasteiger partial charge in [0, 0.05) is 17.6 Å². The van der Waals surface area contributed by atoms with Gasteiger partial charge in [-0.15, -0.1) is 0 Å². The van der Waals surface area contributed by atoms with Crippen LogP contribution in [0.2, 0.25) is 5.02 Å². The molecule has 2 rings (SSSR count). The zero-order chi connectivity index (χ0) is 13.8. The van der Waals surface area contributed by atoms with E-state index in [9.17, 15) is 9.18 Å². The standard InChI is InChI=1S/C13H13ClFN3O/c1-2-16-11-6-13(19)18(17-7-11)8-9-5-10(15)3-4-12(9)14/h3-7,16H,2,8H2,1H3. The molecule has 0 fully saturated rings. The van der Waals surface area contributed by atoms with Crippen molar-refractivity contribution in [1.82, 2.24) is 9.78 Å². The highest BCUT2D eigenvalue weighted by Gasteiger charge is 2.06. The molecule has 0 aliphatic heterocycles. The van der Waals surface area contributed by atoms with Gasteiger partial charge in [-0.2, -0.15) is 5.10 Å².